The Morgan fingerprint density at radius 1 is 1.32 bits per heavy atom. The van der Waals surface area contributed by atoms with Crippen molar-refractivity contribution in [2.45, 2.75) is 41.7 Å². The first-order valence-corrected chi connectivity index (χ1v) is 9.13. The van der Waals surface area contributed by atoms with Crippen LogP contribution in [0, 0.1) is 6.92 Å². The highest BCUT2D eigenvalue weighted by Crippen LogP contribution is 2.43. The third-order valence-electron chi connectivity index (χ3n) is 4.00. The Bertz CT molecular complexity index is 721. The average Bonchev–Trinajstić information content (AvgIpc) is 3.00. The van der Waals surface area contributed by atoms with Gasteiger partial charge in [-0.2, -0.15) is 5.10 Å². The third-order valence-corrected chi connectivity index (χ3v) is 6.43. The summed E-state index contributed by atoms with van der Waals surface area (Å²) in [4.78, 5) is 14.5. The molecule has 8 heteroatoms. The number of carbonyl (C=O) groups is 1. The van der Waals surface area contributed by atoms with Gasteiger partial charge < -0.3 is 0 Å². The quantitative estimate of drug-likeness (QED) is 0.858. The van der Waals surface area contributed by atoms with Crippen LogP contribution in [0.5, 0.6) is 0 Å². The SMILES string of the molecule is Cc1cc(N2CCC(Sc3nnc(C4CC4)s3)C2=O)n(C)n1. The minimum absolute atomic E-state index is 0.0600. The second-order valence-electron chi connectivity index (χ2n) is 5.83. The van der Waals surface area contributed by atoms with Gasteiger partial charge in [-0.05, 0) is 26.2 Å². The maximum absolute atomic E-state index is 12.6. The van der Waals surface area contributed by atoms with Crippen molar-refractivity contribution in [2.24, 2.45) is 7.05 Å². The van der Waals surface area contributed by atoms with E-state index >= 15 is 0 Å². The Morgan fingerprint density at radius 3 is 2.82 bits per heavy atom. The molecule has 1 saturated heterocycles. The lowest BCUT2D eigenvalue weighted by molar-refractivity contribution is -0.116. The molecule has 0 aromatic carbocycles. The van der Waals surface area contributed by atoms with Crippen molar-refractivity contribution in [3.63, 3.8) is 0 Å². The predicted octanol–water partition coefficient (Wildman–Crippen LogP) is 2.36. The number of thioether (sulfide) groups is 1. The molecule has 2 aromatic rings. The number of amides is 1. The summed E-state index contributed by atoms with van der Waals surface area (Å²) in [6, 6.07) is 1.96. The fourth-order valence-corrected chi connectivity index (χ4v) is 5.05. The molecule has 0 spiro atoms. The second-order valence-corrected chi connectivity index (χ2v) is 8.29. The largest absolute Gasteiger partial charge is 0.296 e. The lowest BCUT2D eigenvalue weighted by atomic mass is 10.4. The molecule has 2 aliphatic rings. The fourth-order valence-electron chi connectivity index (χ4n) is 2.73. The molecular weight excluding hydrogens is 318 g/mol. The van der Waals surface area contributed by atoms with Gasteiger partial charge >= 0.3 is 0 Å². The first kappa shape index (κ1) is 14.2. The van der Waals surface area contributed by atoms with Gasteiger partial charge in [0.05, 0.1) is 10.9 Å². The molecule has 1 amide bonds. The van der Waals surface area contributed by atoms with Gasteiger partial charge in [0.2, 0.25) is 5.91 Å². The zero-order chi connectivity index (χ0) is 15.3. The van der Waals surface area contributed by atoms with Crippen LogP contribution in [-0.2, 0) is 11.8 Å². The molecule has 1 aliphatic carbocycles. The molecule has 1 unspecified atom stereocenters. The van der Waals surface area contributed by atoms with Gasteiger partial charge in [0.15, 0.2) is 4.34 Å². The number of hydrogen-bond donors (Lipinski definition) is 0. The third kappa shape index (κ3) is 2.54. The number of hydrogen-bond acceptors (Lipinski definition) is 6. The van der Waals surface area contributed by atoms with E-state index in [-0.39, 0.29) is 11.2 Å². The van der Waals surface area contributed by atoms with Gasteiger partial charge in [-0.3, -0.25) is 14.4 Å². The molecule has 2 fully saturated rings. The Kier molecular flexibility index (Phi) is 3.45. The summed E-state index contributed by atoms with van der Waals surface area (Å²) in [5.41, 5.74) is 0.930. The van der Waals surface area contributed by atoms with Crippen molar-refractivity contribution in [1.82, 2.24) is 20.0 Å². The molecule has 1 saturated carbocycles. The van der Waals surface area contributed by atoms with E-state index in [2.05, 4.69) is 15.3 Å². The van der Waals surface area contributed by atoms with Crippen molar-refractivity contribution in [2.75, 3.05) is 11.4 Å². The van der Waals surface area contributed by atoms with E-state index in [0.29, 0.717) is 5.92 Å². The van der Waals surface area contributed by atoms with Crippen LogP contribution in [0.25, 0.3) is 0 Å². The normalized spacial score (nSPS) is 21.8. The van der Waals surface area contributed by atoms with E-state index < -0.39 is 0 Å². The molecule has 2 aromatic heterocycles. The van der Waals surface area contributed by atoms with E-state index in [1.165, 1.54) is 12.8 Å². The van der Waals surface area contributed by atoms with E-state index in [1.807, 2.05) is 24.9 Å². The molecular formula is C14H17N5OS2. The molecule has 0 bridgehead atoms. The fraction of sp³-hybridized carbons (Fsp3) is 0.571. The smallest absolute Gasteiger partial charge is 0.241 e. The summed E-state index contributed by atoms with van der Waals surface area (Å²) in [6.45, 7) is 2.68. The molecule has 6 nitrogen and oxygen atoms in total. The molecule has 22 heavy (non-hydrogen) atoms. The Labute approximate surface area is 136 Å². The summed E-state index contributed by atoms with van der Waals surface area (Å²) in [5, 5.41) is 13.9. The molecule has 1 atom stereocenters. The minimum atomic E-state index is -0.0600. The van der Waals surface area contributed by atoms with Crippen LogP contribution in [0.15, 0.2) is 10.4 Å². The van der Waals surface area contributed by atoms with Gasteiger partial charge in [0, 0.05) is 25.6 Å². The highest BCUT2D eigenvalue weighted by Gasteiger charge is 2.36. The van der Waals surface area contributed by atoms with Gasteiger partial charge in [-0.25, -0.2) is 0 Å². The Balaban J connectivity index is 1.47. The van der Waals surface area contributed by atoms with Crippen molar-refractivity contribution < 1.29 is 4.79 Å². The maximum atomic E-state index is 12.6. The lowest BCUT2D eigenvalue weighted by Crippen LogP contribution is -2.29. The second kappa shape index (κ2) is 5.34. The zero-order valence-corrected chi connectivity index (χ0v) is 14.2. The lowest BCUT2D eigenvalue weighted by Gasteiger charge is -2.15. The van der Waals surface area contributed by atoms with Crippen LogP contribution in [-0.4, -0.2) is 37.7 Å². The average molecular weight is 335 g/mol. The summed E-state index contributed by atoms with van der Waals surface area (Å²) in [6.07, 6.45) is 3.30. The number of anilines is 1. The topological polar surface area (TPSA) is 63.9 Å². The van der Waals surface area contributed by atoms with Crippen molar-refractivity contribution in [3.05, 3.63) is 16.8 Å². The molecule has 3 heterocycles. The Hall–Kier alpha value is -1.41. The van der Waals surface area contributed by atoms with Crippen molar-refractivity contribution in [1.29, 1.82) is 0 Å². The van der Waals surface area contributed by atoms with Crippen LogP contribution in [0.1, 0.15) is 35.9 Å². The maximum Gasteiger partial charge on any atom is 0.241 e. The number of aromatic nitrogens is 4. The Morgan fingerprint density at radius 2 is 2.14 bits per heavy atom. The molecule has 4 rings (SSSR count). The molecule has 0 radical (unpaired) electrons. The number of nitrogens with zero attached hydrogens (tertiary/aromatic N) is 5. The van der Waals surface area contributed by atoms with Crippen LogP contribution >= 0.6 is 23.1 Å². The van der Waals surface area contributed by atoms with Gasteiger partial charge in [0.25, 0.3) is 0 Å². The molecule has 116 valence electrons. The van der Waals surface area contributed by atoms with Crippen molar-refractivity contribution in [3.8, 4) is 0 Å². The van der Waals surface area contributed by atoms with Gasteiger partial charge in [-0.1, -0.05) is 23.1 Å². The van der Waals surface area contributed by atoms with Crippen molar-refractivity contribution >= 4 is 34.8 Å². The highest BCUT2D eigenvalue weighted by molar-refractivity contribution is 8.02. The summed E-state index contributed by atoms with van der Waals surface area (Å²) >= 11 is 3.21. The van der Waals surface area contributed by atoms with Crippen LogP contribution < -0.4 is 4.90 Å². The minimum Gasteiger partial charge on any atom is -0.296 e. The van der Waals surface area contributed by atoms with E-state index in [1.54, 1.807) is 27.8 Å². The van der Waals surface area contributed by atoms with E-state index in [9.17, 15) is 4.79 Å². The summed E-state index contributed by atoms with van der Waals surface area (Å²) in [7, 11) is 1.88. The van der Waals surface area contributed by atoms with Crippen LogP contribution in [0.2, 0.25) is 0 Å². The van der Waals surface area contributed by atoms with E-state index in [4.69, 9.17) is 0 Å². The zero-order valence-electron chi connectivity index (χ0n) is 12.5. The van der Waals surface area contributed by atoms with Gasteiger partial charge in [0.1, 0.15) is 10.8 Å². The molecule has 1 aliphatic heterocycles. The molecule has 0 N–H and O–H groups in total. The summed E-state index contributed by atoms with van der Waals surface area (Å²) < 4.78 is 2.69. The van der Waals surface area contributed by atoms with E-state index in [0.717, 1.165) is 33.8 Å². The monoisotopic (exact) mass is 335 g/mol. The van der Waals surface area contributed by atoms with Crippen LogP contribution in [0.4, 0.5) is 5.82 Å². The first-order valence-electron chi connectivity index (χ1n) is 7.44. The van der Waals surface area contributed by atoms with Crippen LogP contribution in [0.3, 0.4) is 0 Å². The summed E-state index contributed by atoms with van der Waals surface area (Å²) in [5.74, 6) is 1.65. The number of aryl methyl sites for hydroxylation is 2. The predicted molar refractivity (Wildman–Crippen MR) is 86.4 cm³/mol. The highest BCUT2D eigenvalue weighted by atomic mass is 32.2. The van der Waals surface area contributed by atoms with Gasteiger partial charge in [-0.15, -0.1) is 10.2 Å². The number of rotatable bonds is 4. The first-order chi connectivity index (χ1) is 10.6. The standard InChI is InChI=1S/C14H17N5OS2/c1-8-7-11(18(2)17-8)19-6-5-10(13(19)20)21-14-16-15-12(22-14)9-3-4-9/h7,9-10H,3-6H2,1-2H3. The number of carbonyl (C=O) groups excluding carboxylic acids is 1.